The Labute approximate surface area is 148 Å². The van der Waals surface area contributed by atoms with Crippen LogP contribution in [-0.2, 0) is 6.42 Å². The fraction of sp³-hybridized carbons (Fsp3) is 0.143. The molecule has 0 heterocycles. The minimum Gasteiger partial charge on any atom is -0.491 e. The highest BCUT2D eigenvalue weighted by molar-refractivity contribution is 5.89. The Morgan fingerprint density at radius 2 is 1.69 bits per heavy atom. The lowest BCUT2D eigenvalue weighted by molar-refractivity contribution is 0.347. The van der Waals surface area contributed by atoms with Crippen molar-refractivity contribution in [1.82, 2.24) is 0 Å². The van der Waals surface area contributed by atoms with Crippen molar-refractivity contribution in [3.63, 3.8) is 0 Å². The van der Waals surface area contributed by atoms with Crippen LogP contribution in [0, 0.1) is 23.3 Å². The van der Waals surface area contributed by atoms with Gasteiger partial charge < -0.3 is 4.74 Å². The molecule has 1 nitrogen and oxygen atoms in total. The molecular weight excluding hydrogens is 344 g/mol. The van der Waals surface area contributed by atoms with E-state index in [1.165, 1.54) is 6.07 Å². The van der Waals surface area contributed by atoms with Crippen LogP contribution < -0.4 is 4.74 Å². The number of benzene rings is 3. The lowest BCUT2D eigenvalue weighted by atomic mass is 9.97. The Morgan fingerprint density at radius 3 is 2.38 bits per heavy atom. The van der Waals surface area contributed by atoms with Gasteiger partial charge in [-0.1, -0.05) is 36.4 Å². The van der Waals surface area contributed by atoms with Crippen molar-refractivity contribution in [2.75, 3.05) is 7.11 Å². The highest BCUT2D eigenvalue weighted by Gasteiger charge is 2.22. The van der Waals surface area contributed by atoms with Gasteiger partial charge in [0.15, 0.2) is 17.4 Å². The number of hydrogen-bond donors (Lipinski definition) is 0. The van der Waals surface area contributed by atoms with Gasteiger partial charge in [0, 0.05) is 16.5 Å². The van der Waals surface area contributed by atoms with E-state index in [-0.39, 0.29) is 10.9 Å². The second-order valence-corrected chi connectivity index (χ2v) is 5.88. The number of fused-ring (bicyclic) bond motifs is 1. The molecule has 3 aromatic rings. The zero-order valence-electron chi connectivity index (χ0n) is 14.1. The zero-order valence-corrected chi connectivity index (χ0v) is 14.1. The van der Waals surface area contributed by atoms with E-state index in [1.807, 2.05) is 6.07 Å². The van der Waals surface area contributed by atoms with Crippen molar-refractivity contribution >= 4 is 10.8 Å². The molecule has 0 saturated carbocycles. The van der Waals surface area contributed by atoms with Crippen LogP contribution in [0.25, 0.3) is 21.9 Å². The van der Waals surface area contributed by atoms with Crippen molar-refractivity contribution in [3.05, 3.63) is 77.9 Å². The number of rotatable bonds is 5. The summed E-state index contributed by atoms with van der Waals surface area (Å²) in [4.78, 5) is 0. The summed E-state index contributed by atoms with van der Waals surface area (Å²) in [6.45, 7) is 3.67. The Morgan fingerprint density at radius 1 is 0.923 bits per heavy atom. The first kappa shape index (κ1) is 18.0. The molecule has 0 N–H and O–H groups in total. The van der Waals surface area contributed by atoms with Crippen LogP contribution in [0.4, 0.5) is 17.6 Å². The van der Waals surface area contributed by atoms with Crippen LogP contribution in [0.2, 0.25) is 0 Å². The average Bonchev–Trinajstić information content (AvgIpc) is 2.64. The third kappa shape index (κ3) is 3.05. The molecule has 0 aliphatic carbocycles. The summed E-state index contributed by atoms with van der Waals surface area (Å²) in [6.07, 6.45) is 3.36. The van der Waals surface area contributed by atoms with Gasteiger partial charge in [-0.15, -0.1) is 6.58 Å². The highest BCUT2D eigenvalue weighted by Crippen LogP contribution is 2.36. The van der Waals surface area contributed by atoms with E-state index in [2.05, 4.69) is 11.3 Å². The summed E-state index contributed by atoms with van der Waals surface area (Å²) in [6, 6.07) is 8.84. The number of methoxy groups -OCH3 is 1. The van der Waals surface area contributed by atoms with Gasteiger partial charge in [-0.2, -0.15) is 4.39 Å². The lowest BCUT2D eigenvalue weighted by Crippen LogP contribution is -2.00. The third-order valence-electron chi connectivity index (χ3n) is 4.27. The summed E-state index contributed by atoms with van der Waals surface area (Å²) in [5.74, 6) is -5.51. The molecule has 0 unspecified atom stereocenters. The van der Waals surface area contributed by atoms with Gasteiger partial charge in [0.1, 0.15) is 5.82 Å². The van der Waals surface area contributed by atoms with E-state index >= 15 is 0 Å². The first-order chi connectivity index (χ1) is 12.5. The Balaban J connectivity index is 2.15. The minimum atomic E-state index is -1.48. The van der Waals surface area contributed by atoms with Gasteiger partial charge in [-0.25, -0.2) is 13.2 Å². The normalized spacial score (nSPS) is 11.0. The molecule has 26 heavy (non-hydrogen) atoms. The molecule has 3 aromatic carbocycles. The van der Waals surface area contributed by atoms with Crippen molar-refractivity contribution in [2.24, 2.45) is 0 Å². The Kier molecular flexibility index (Phi) is 4.98. The van der Waals surface area contributed by atoms with Crippen LogP contribution in [0.3, 0.4) is 0 Å². The molecule has 134 valence electrons. The van der Waals surface area contributed by atoms with E-state index < -0.39 is 34.6 Å². The maximum atomic E-state index is 14.9. The van der Waals surface area contributed by atoms with Crippen molar-refractivity contribution < 1.29 is 22.3 Å². The molecule has 0 bridgehead atoms. The second kappa shape index (κ2) is 7.20. The molecular formula is C21H16F4O. The molecule has 0 saturated heterocycles. The number of aryl methyl sites for hydroxylation is 1. The van der Waals surface area contributed by atoms with Crippen molar-refractivity contribution in [2.45, 2.75) is 12.8 Å². The number of halogens is 4. The Bertz CT molecular complexity index is 995. The minimum absolute atomic E-state index is 0.214. The standard InChI is InChI=1S/C21H16F4O/c1-3-4-5-12-6-8-14-13(10-12)7-9-15(18(14)23)16-11-17(22)21(26-2)20(25)19(16)24/h3,6-11H,1,4-5H2,2H3. The molecule has 0 fully saturated rings. The highest BCUT2D eigenvalue weighted by atomic mass is 19.2. The summed E-state index contributed by atoms with van der Waals surface area (Å²) >= 11 is 0. The first-order valence-corrected chi connectivity index (χ1v) is 8.01. The summed E-state index contributed by atoms with van der Waals surface area (Å²) in [5.41, 5.74) is 0.308. The maximum Gasteiger partial charge on any atom is 0.204 e. The number of hydrogen-bond acceptors (Lipinski definition) is 1. The van der Waals surface area contributed by atoms with Gasteiger partial charge in [0.05, 0.1) is 7.11 Å². The van der Waals surface area contributed by atoms with E-state index in [9.17, 15) is 17.6 Å². The first-order valence-electron chi connectivity index (χ1n) is 8.01. The summed E-state index contributed by atoms with van der Waals surface area (Å²) in [5, 5.41) is 0.878. The fourth-order valence-electron chi connectivity index (χ4n) is 2.94. The molecule has 0 radical (unpaired) electrons. The van der Waals surface area contributed by atoms with Crippen LogP contribution >= 0.6 is 0 Å². The van der Waals surface area contributed by atoms with Crippen LogP contribution in [0.5, 0.6) is 5.75 Å². The van der Waals surface area contributed by atoms with E-state index in [4.69, 9.17) is 0 Å². The molecule has 0 aromatic heterocycles. The smallest absolute Gasteiger partial charge is 0.204 e. The molecule has 3 rings (SSSR count). The van der Waals surface area contributed by atoms with Gasteiger partial charge in [-0.05, 0) is 29.9 Å². The van der Waals surface area contributed by atoms with Crippen LogP contribution in [0.15, 0.2) is 49.1 Å². The predicted octanol–water partition coefficient (Wildman–Crippen LogP) is 6.19. The second-order valence-electron chi connectivity index (χ2n) is 5.88. The third-order valence-corrected chi connectivity index (χ3v) is 4.27. The lowest BCUT2D eigenvalue weighted by Gasteiger charge is -2.12. The van der Waals surface area contributed by atoms with Crippen molar-refractivity contribution in [3.8, 4) is 16.9 Å². The van der Waals surface area contributed by atoms with Gasteiger partial charge >= 0.3 is 0 Å². The van der Waals surface area contributed by atoms with E-state index in [0.717, 1.165) is 31.6 Å². The monoisotopic (exact) mass is 360 g/mol. The largest absolute Gasteiger partial charge is 0.491 e. The summed E-state index contributed by atoms with van der Waals surface area (Å²) in [7, 11) is 1.03. The maximum absolute atomic E-state index is 14.9. The average molecular weight is 360 g/mol. The van der Waals surface area contributed by atoms with Crippen LogP contribution in [-0.4, -0.2) is 7.11 Å². The fourth-order valence-corrected chi connectivity index (χ4v) is 2.94. The van der Waals surface area contributed by atoms with E-state index in [0.29, 0.717) is 5.39 Å². The molecule has 0 spiro atoms. The molecule has 0 amide bonds. The number of allylic oxidation sites excluding steroid dienone is 1. The zero-order chi connectivity index (χ0) is 18.8. The summed E-state index contributed by atoms with van der Waals surface area (Å²) < 4.78 is 61.6. The SMILES string of the molecule is C=CCCc1ccc2c(F)c(-c3cc(F)c(OC)c(F)c3F)ccc2c1. The quantitative estimate of drug-likeness (QED) is 0.299. The van der Waals surface area contributed by atoms with Gasteiger partial charge in [0.2, 0.25) is 5.82 Å². The van der Waals surface area contributed by atoms with E-state index in [1.54, 1.807) is 24.3 Å². The van der Waals surface area contributed by atoms with Crippen molar-refractivity contribution in [1.29, 1.82) is 0 Å². The van der Waals surface area contributed by atoms with Gasteiger partial charge in [0.25, 0.3) is 0 Å². The number of ether oxygens (including phenoxy) is 1. The molecule has 0 aliphatic rings. The molecule has 5 heteroatoms. The molecule has 0 aliphatic heterocycles. The molecule has 0 atom stereocenters. The topological polar surface area (TPSA) is 9.23 Å². The van der Waals surface area contributed by atoms with Crippen LogP contribution in [0.1, 0.15) is 12.0 Å². The van der Waals surface area contributed by atoms with Gasteiger partial charge in [-0.3, -0.25) is 0 Å². The Hall–Kier alpha value is -2.82. The predicted molar refractivity (Wildman–Crippen MR) is 94.3 cm³/mol.